The highest BCUT2D eigenvalue weighted by molar-refractivity contribution is 7.09. The second-order valence-corrected chi connectivity index (χ2v) is 6.51. The van der Waals surface area contributed by atoms with Crippen LogP contribution in [0.5, 0.6) is 0 Å². The van der Waals surface area contributed by atoms with Crippen molar-refractivity contribution in [3.63, 3.8) is 0 Å². The zero-order chi connectivity index (χ0) is 13.5. The molecule has 1 fully saturated rings. The molecule has 0 aliphatic heterocycles. The average Bonchev–Trinajstić information content (AvgIpc) is 2.92. The third kappa shape index (κ3) is 4.44. The third-order valence-electron chi connectivity index (χ3n) is 3.80. The Morgan fingerprint density at radius 3 is 2.89 bits per heavy atom. The molecule has 1 aliphatic rings. The molecule has 1 atom stereocenters. The second kappa shape index (κ2) is 8.23. The highest BCUT2D eigenvalue weighted by atomic mass is 35.5. The number of rotatable bonds is 7. The van der Waals surface area contributed by atoms with Crippen LogP contribution in [0.2, 0.25) is 0 Å². The summed E-state index contributed by atoms with van der Waals surface area (Å²) in [6, 6.07) is 0. The van der Waals surface area contributed by atoms with Gasteiger partial charge in [-0.25, -0.2) is 4.98 Å². The van der Waals surface area contributed by atoms with Crippen LogP contribution in [-0.4, -0.2) is 17.5 Å². The first kappa shape index (κ1) is 15.3. The molecule has 108 valence electrons. The van der Waals surface area contributed by atoms with Gasteiger partial charge in [0.2, 0.25) is 0 Å². The van der Waals surface area contributed by atoms with Crippen molar-refractivity contribution in [3.8, 4) is 0 Å². The Labute approximate surface area is 125 Å². The molecular formula is C15H24ClNOS. The van der Waals surface area contributed by atoms with E-state index in [-0.39, 0.29) is 6.10 Å². The Bertz CT molecular complexity index is 363. The van der Waals surface area contributed by atoms with Crippen molar-refractivity contribution in [2.24, 2.45) is 5.92 Å². The summed E-state index contributed by atoms with van der Waals surface area (Å²) < 4.78 is 6.01. The Morgan fingerprint density at radius 2 is 2.21 bits per heavy atom. The van der Waals surface area contributed by atoms with Gasteiger partial charge in [0.1, 0.15) is 11.1 Å². The zero-order valence-corrected chi connectivity index (χ0v) is 13.3. The average molecular weight is 302 g/mol. The maximum atomic E-state index is 6.01. The van der Waals surface area contributed by atoms with Gasteiger partial charge in [-0.15, -0.1) is 22.9 Å². The first-order valence-electron chi connectivity index (χ1n) is 7.47. The van der Waals surface area contributed by atoms with Crippen LogP contribution >= 0.6 is 22.9 Å². The molecule has 2 nitrogen and oxygen atoms in total. The van der Waals surface area contributed by atoms with Crippen molar-refractivity contribution in [2.75, 3.05) is 12.5 Å². The minimum Gasteiger partial charge on any atom is -0.371 e. The summed E-state index contributed by atoms with van der Waals surface area (Å²) in [5, 5.41) is 3.36. The standard InChI is InChI=1S/C15H24ClNOS/c1-2-18-14(12-7-4-3-5-8-12)15-17-13(11-19-15)9-6-10-16/h11-12,14H,2-10H2,1H3. The van der Waals surface area contributed by atoms with Gasteiger partial charge in [-0.2, -0.15) is 0 Å². The van der Waals surface area contributed by atoms with Gasteiger partial charge in [-0.3, -0.25) is 0 Å². The summed E-state index contributed by atoms with van der Waals surface area (Å²) in [7, 11) is 0. The molecule has 1 aromatic rings. The number of halogens is 1. The summed E-state index contributed by atoms with van der Waals surface area (Å²) in [6.07, 6.45) is 8.88. The summed E-state index contributed by atoms with van der Waals surface area (Å²) in [5.41, 5.74) is 1.18. The number of aromatic nitrogens is 1. The van der Waals surface area contributed by atoms with Crippen LogP contribution in [0.15, 0.2) is 5.38 Å². The van der Waals surface area contributed by atoms with E-state index >= 15 is 0 Å². The van der Waals surface area contributed by atoms with Gasteiger partial charge in [0, 0.05) is 17.9 Å². The number of nitrogens with zero attached hydrogens (tertiary/aromatic N) is 1. The molecule has 2 rings (SSSR count). The highest BCUT2D eigenvalue weighted by Gasteiger charge is 2.27. The lowest BCUT2D eigenvalue weighted by atomic mass is 9.85. The molecule has 0 radical (unpaired) electrons. The molecule has 1 aliphatic carbocycles. The topological polar surface area (TPSA) is 22.1 Å². The zero-order valence-electron chi connectivity index (χ0n) is 11.7. The molecule has 0 saturated heterocycles. The molecule has 1 saturated carbocycles. The number of hydrogen-bond acceptors (Lipinski definition) is 3. The lowest BCUT2D eigenvalue weighted by Gasteiger charge is -2.28. The van der Waals surface area contributed by atoms with Crippen LogP contribution in [0.4, 0.5) is 0 Å². The molecule has 1 unspecified atom stereocenters. The summed E-state index contributed by atoms with van der Waals surface area (Å²) >= 11 is 7.51. The van der Waals surface area contributed by atoms with Crippen molar-refractivity contribution in [1.29, 1.82) is 0 Å². The summed E-state index contributed by atoms with van der Waals surface area (Å²) in [4.78, 5) is 4.78. The van der Waals surface area contributed by atoms with E-state index in [1.807, 2.05) is 0 Å². The van der Waals surface area contributed by atoms with Crippen LogP contribution < -0.4 is 0 Å². The van der Waals surface area contributed by atoms with Crippen molar-refractivity contribution in [1.82, 2.24) is 4.98 Å². The van der Waals surface area contributed by atoms with E-state index < -0.39 is 0 Å². The fraction of sp³-hybridized carbons (Fsp3) is 0.800. The van der Waals surface area contributed by atoms with Gasteiger partial charge in [-0.1, -0.05) is 19.3 Å². The van der Waals surface area contributed by atoms with E-state index in [2.05, 4.69) is 12.3 Å². The van der Waals surface area contributed by atoms with E-state index in [4.69, 9.17) is 21.3 Å². The van der Waals surface area contributed by atoms with E-state index in [0.717, 1.165) is 19.4 Å². The Morgan fingerprint density at radius 1 is 1.42 bits per heavy atom. The monoisotopic (exact) mass is 301 g/mol. The SMILES string of the molecule is CCOC(c1nc(CCCCl)cs1)C1CCCCC1. The minimum atomic E-state index is 0.222. The quantitative estimate of drug-likeness (QED) is 0.663. The lowest BCUT2D eigenvalue weighted by molar-refractivity contribution is 0.00543. The van der Waals surface area contributed by atoms with E-state index in [1.54, 1.807) is 11.3 Å². The number of aryl methyl sites for hydroxylation is 1. The van der Waals surface area contributed by atoms with Gasteiger partial charge < -0.3 is 4.74 Å². The number of alkyl halides is 1. The van der Waals surface area contributed by atoms with Crippen molar-refractivity contribution in [2.45, 2.75) is 58.0 Å². The first-order chi connectivity index (χ1) is 9.35. The number of ether oxygens (including phenoxy) is 1. The molecule has 0 spiro atoms. The summed E-state index contributed by atoms with van der Waals surface area (Å²) in [5.74, 6) is 1.38. The largest absolute Gasteiger partial charge is 0.371 e. The molecule has 4 heteroatoms. The highest BCUT2D eigenvalue weighted by Crippen LogP contribution is 2.38. The van der Waals surface area contributed by atoms with E-state index in [0.29, 0.717) is 11.8 Å². The van der Waals surface area contributed by atoms with Crippen molar-refractivity contribution < 1.29 is 4.74 Å². The first-order valence-corrected chi connectivity index (χ1v) is 8.88. The van der Waals surface area contributed by atoms with Crippen LogP contribution in [-0.2, 0) is 11.2 Å². The lowest BCUT2D eigenvalue weighted by Crippen LogP contribution is -2.19. The summed E-state index contributed by atoms with van der Waals surface area (Å²) in [6.45, 7) is 2.86. The van der Waals surface area contributed by atoms with E-state index in [1.165, 1.54) is 42.8 Å². The smallest absolute Gasteiger partial charge is 0.122 e. The fourth-order valence-corrected chi connectivity index (χ4v) is 3.97. The molecular weight excluding hydrogens is 278 g/mol. The number of hydrogen-bond donors (Lipinski definition) is 0. The van der Waals surface area contributed by atoms with Crippen LogP contribution in [0, 0.1) is 5.92 Å². The Kier molecular flexibility index (Phi) is 6.62. The van der Waals surface area contributed by atoms with Gasteiger partial charge in [0.05, 0.1) is 5.69 Å². The minimum absolute atomic E-state index is 0.222. The predicted molar refractivity (Wildman–Crippen MR) is 82.1 cm³/mol. The fourth-order valence-electron chi connectivity index (χ4n) is 2.84. The predicted octanol–water partition coefficient (Wildman–Crippen LogP) is 4.97. The van der Waals surface area contributed by atoms with Crippen LogP contribution in [0.3, 0.4) is 0 Å². The Balaban J connectivity index is 2.02. The molecule has 0 bridgehead atoms. The number of thiazole rings is 1. The Hall–Kier alpha value is -0.120. The van der Waals surface area contributed by atoms with Gasteiger partial charge in [-0.05, 0) is 38.5 Å². The molecule has 19 heavy (non-hydrogen) atoms. The molecule has 0 N–H and O–H groups in total. The van der Waals surface area contributed by atoms with Crippen molar-refractivity contribution in [3.05, 3.63) is 16.1 Å². The molecule has 1 aromatic heterocycles. The molecule has 0 aromatic carbocycles. The van der Waals surface area contributed by atoms with Crippen molar-refractivity contribution >= 4 is 22.9 Å². The molecule has 0 amide bonds. The normalized spacial score (nSPS) is 18.6. The second-order valence-electron chi connectivity index (χ2n) is 5.24. The maximum absolute atomic E-state index is 6.01. The third-order valence-corrected chi connectivity index (χ3v) is 5.03. The maximum Gasteiger partial charge on any atom is 0.122 e. The van der Waals surface area contributed by atoms with Crippen LogP contribution in [0.25, 0.3) is 0 Å². The van der Waals surface area contributed by atoms with Gasteiger partial charge >= 0.3 is 0 Å². The van der Waals surface area contributed by atoms with Crippen LogP contribution in [0.1, 0.15) is 62.3 Å². The van der Waals surface area contributed by atoms with E-state index in [9.17, 15) is 0 Å². The van der Waals surface area contributed by atoms with Gasteiger partial charge in [0.15, 0.2) is 0 Å². The van der Waals surface area contributed by atoms with Gasteiger partial charge in [0.25, 0.3) is 0 Å². The molecule has 1 heterocycles.